The first-order valence-corrected chi connectivity index (χ1v) is 7.52. The number of benzene rings is 1. The van der Waals surface area contributed by atoms with Crippen LogP contribution >= 0.6 is 0 Å². The molecule has 21 heavy (non-hydrogen) atoms. The monoisotopic (exact) mass is 292 g/mol. The number of para-hydroxylation sites is 1. The van der Waals surface area contributed by atoms with Crippen molar-refractivity contribution < 1.29 is 14.3 Å². The first kappa shape index (κ1) is 15.8. The predicted molar refractivity (Wildman–Crippen MR) is 81.3 cm³/mol. The number of nitrogens with zero attached hydrogens (tertiary/aromatic N) is 1. The maximum Gasteiger partial charge on any atom is 0.222 e. The molecule has 1 saturated heterocycles. The molecule has 116 valence electrons. The summed E-state index contributed by atoms with van der Waals surface area (Å²) < 4.78 is 11.0. The van der Waals surface area contributed by atoms with E-state index in [9.17, 15) is 4.79 Å². The van der Waals surface area contributed by atoms with Gasteiger partial charge in [-0.05, 0) is 19.5 Å². The van der Waals surface area contributed by atoms with Gasteiger partial charge in [0.1, 0.15) is 5.75 Å². The lowest BCUT2D eigenvalue weighted by Crippen LogP contribution is -2.40. The third-order valence-electron chi connectivity index (χ3n) is 3.50. The van der Waals surface area contributed by atoms with Crippen molar-refractivity contribution in [3.8, 4) is 5.75 Å². The Labute approximate surface area is 126 Å². The average molecular weight is 292 g/mol. The second-order valence-electron chi connectivity index (χ2n) is 5.08. The molecule has 0 bridgehead atoms. The van der Waals surface area contributed by atoms with Gasteiger partial charge in [-0.25, -0.2) is 0 Å². The highest BCUT2D eigenvalue weighted by atomic mass is 16.5. The number of carbonyl (C=O) groups excluding carboxylic acids is 1. The van der Waals surface area contributed by atoms with Gasteiger partial charge in [0.15, 0.2) is 0 Å². The molecule has 1 aromatic carbocycles. The molecule has 1 aromatic rings. The van der Waals surface area contributed by atoms with E-state index in [0.29, 0.717) is 39.3 Å². The van der Waals surface area contributed by atoms with E-state index in [0.717, 1.165) is 24.3 Å². The van der Waals surface area contributed by atoms with Crippen molar-refractivity contribution >= 4 is 5.91 Å². The molecule has 2 rings (SSSR count). The Bertz CT molecular complexity index is 445. The summed E-state index contributed by atoms with van der Waals surface area (Å²) in [4.78, 5) is 13.9. The van der Waals surface area contributed by atoms with Crippen molar-refractivity contribution in [2.45, 2.75) is 19.4 Å². The van der Waals surface area contributed by atoms with Crippen LogP contribution in [0, 0.1) is 0 Å². The van der Waals surface area contributed by atoms with E-state index in [1.54, 1.807) is 0 Å². The second-order valence-corrected chi connectivity index (χ2v) is 5.08. The van der Waals surface area contributed by atoms with Crippen molar-refractivity contribution in [1.29, 1.82) is 0 Å². The summed E-state index contributed by atoms with van der Waals surface area (Å²) in [5.74, 6) is 1.09. The van der Waals surface area contributed by atoms with Crippen molar-refractivity contribution in [3.05, 3.63) is 29.8 Å². The Kier molecular flexibility index (Phi) is 6.50. The number of nitrogens with one attached hydrogen (secondary N) is 1. The molecular weight excluding hydrogens is 268 g/mol. The van der Waals surface area contributed by atoms with Gasteiger partial charge in [0.2, 0.25) is 5.91 Å². The van der Waals surface area contributed by atoms with Crippen LogP contribution in [0.15, 0.2) is 24.3 Å². The smallest absolute Gasteiger partial charge is 0.222 e. The van der Waals surface area contributed by atoms with Crippen LogP contribution in [-0.2, 0) is 16.1 Å². The summed E-state index contributed by atoms with van der Waals surface area (Å²) in [6.07, 6.45) is 1.28. The fourth-order valence-electron chi connectivity index (χ4n) is 2.36. The lowest BCUT2D eigenvalue weighted by atomic mass is 10.2. The predicted octanol–water partition coefficient (Wildman–Crippen LogP) is 1.42. The molecule has 5 heteroatoms. The van der Waals surface area contributed by atoms with Crippen molar-refractivity contribution in [1.82, 2.24) is 10.2 Å². The highest BCUT2D eigenvalue weighted by Gasteiger charge is 2.16. The van der Waals surface area contributed by atoms with Crippen molar-refractivity contribution in [3.63, 3.8) is 0 Å². The molecule has 1 heterocycles. The Balaban J connectivity index is 1.70. The quantitative estimate of drug-likeness (QED) is 0.772. The van der Waals surface area contributed by atoms with Crippen LogP contribution < -0.4 is 10.1 Å². The minimum absolute atomic E-state index is 0.199. The SMILES string of the molecule is CNCc1ccccc1OCCCC(=O)N1CCOCC1. The Morgan fingerprint density at radius 3 is 2.86 bits per heavy atom. The van der Waals surface area contributed by atoms with Gasteiger partial charge in [0.25, 0.3) is 0 Å². The maximum absolute atomic E-state index is 12.0. The number of carbonyl (C=O) groups is 1. The van der Waals surface area contributed by atoms with Crippen LogP contribution in [0.25, 0.3) is 0 Å². The number of hydrogen-bond donors (Lipinski definition) is 1. The molecular formula is C16H24N2O3. The Morgan fingerprint density at radius 2 is 2.10 bits per heavy atom. The number of hydrogen-bond acceptors (Lipinski definition) is 4. The zero-order chi connectivity index (χ0) is 14.9. The van der Waals surface area contributed by atoms with Crippen LogP contribution in [0.1, 0.15) is 18.4 Å². The van der Waals surface area contributed by atoms with Crippen LogP contribution in [0.2, 0.25) is 0 Å². The van der Waals surface area contributed by atoms with E-state index in [1.165, 1.54) is 0 Å². The lowest BCUT2D eigenvalue weighted by molar-refractivity contribution is -0.135. The minimum Gasteiger partial charge on any atom is -0.493 e. The van der Waals surface area contributed by atoms with Gasteiger partial charge in [-0.1, -0.05) is 18.2 Å². The molecule has 0 aliphatic carbocycles. The molecule has 5 nitrogen and oxygen atoms in total. The standard InChI is InChI=1S/C16H24N2O3/c1-17-13-14-5-2-3-6-15(14)21-10-4-7-16(19)18-8-11-20-12-9-18/h2-3,5-6,17H,4,7-13H2,1H3. The summed E-state index contributed by atoms with van der Waals surface area (Å²) in [6.45, 7) is 4.08. The Hall–Kier alpha value is -1.59. The molecule has 0 aromatic heterocycles. The van der Waals surface area contributed by atoms with E-state index in [4.69, 9.17) is 9.47 Å². The zero-order valence-electron chi connectivity index (χ0n) is 12.6. The largest absolute Gasteiger partial charge is 0.493 e. The summed E-state index contributed by atoms with van der Waals surface area (Å²) in [5, 5.41) is 3.12. The lowest BCUT2D eigenvalue weighted by Gasteiger charge is -2.26. The van der Waals surface area contributed by atoms with Gasteiger partial charge in [-0.2, -0.15) is 0 Å². The normalized spacial score (nSPS) is 15.0. The third kappa shape index (κ3) is 5.02. The first-order chi connectivity index (χ1) is 10.3. The van der Waals surface area contributed by atoms with Gasteiger partial charge >= 0.3 is 0 Å². The summed E-state index contributed by atoms with van der Waals surface area (Å²) in [6, 6.07) is 7.98. The van der Waals surface area contributed by atoms with E-state index < -0.39 is 0 Å². The van der Waals surface area contributed by atoms with E-state index in [1.807, 2.05) is 36.2 Å². The summed E-state index contributed by atoms with van der Waals surface area (Å²) >= 11 is 0. The van der Waals surface area contributed by atoms with Crippen molar-refractivity contribution in [2.75, 3.05) is 40.0 Å². The number of ether oxygens (including phenoxy) is 2. The van der Waals surface area contributed by atoms with Gasteiger partial charge in [0.05, 0.1) is 19.8 Å². The molecule has 0 saturated carbocycles. The van der Waals surface area contributed by atoms with Gasteiger partial charge in [-0.15, -0.1) is 0 Å². The summed E-state index contributed by atoms with van der Waals surface area (Å²) in [7, 11) is 1.91. The number of morpholine rings is 1. The third-order valence-corrected chi connectivity index (χ3v) is 3.50. The highest BCUT2D eigenvalue weighted by molar-refractivity contribution is 5.76. The van der Waals surface area contributed by atoms with E-state index in [2.05, 4.69) is 5.32 Å². The van der Waals surface area contributed by atoms with Gasteiger partial charge < -0.3 is 19.7 Å². The van der Waals surface area contributed by atoms with Crippen LogP contribution in [0.4, 0.5) is 0 Å². The summed E-state index contributed by atoms with van der Waals surface area (Å²) in [5.41, 5.74) is 1.14. The van der Waals surface area contributed by atoms with Crippen LogP contribution in [-0.4, -0.2) is 50.8 Å². The molecule has 1 fully saturated rings. The fraction of sp³-hybridized carbons (Fsp3) is 0.562. The molecule has 1 aliphatic rings. The molecule has 0 atom stereocenters. The molecule has 0 spiro atoms. The number of amides is 1. The number of rotatable bonds is 7. The molecule has 0 radical (unpaired) electrons. The van der Waals surface area contributed by atoms with E-state index in [-0.39, 0.29) is 5.91 Å². The highest BCUT2D eigenvalue weighted by Crippen LogP contribution is 2.18. The molecule has 0 unspecified atom stereocenters. The minimum atomic E-state index is 0.199. The van der Waals surface area contributed by atoms with Gasteiger partial charge in [0, 0.05) is 31.6 Å². The Morgan fingerprint density at radius 1 is 1.33 bits per heavy atom. The molecule has 1 aliphatic heterocycles. The van der Waals surface area contributed by atoms with E-state index >= 15 is 0 Å². The topological polar surface area (TPSA) is 50.8 Å². The average Bonchev–Trinajstić information content (AvgIpc) is 2.54. The second kappa shape index (κ2) is 8.64. The maximum atomic E-state index is 12.0. The molecule has 1 N–H and O–H groups in total. The first-order valence-electron chi connectivity index (χ1n) is 7.52. The molecule has 1 amide bonds. The zero-order valence-corrected chi connectivity index (χ0v) is 12.6. The van der Waals surface area contributed by atoms with Gasteiger partial charge in [-0.3, -0.25) is 4.79 Å². The fourth-order valence-corrected chi connectivity index (χ4v) is 2.36. The van der Waals surface area contributed by atoms with Crippen LogP contribution in [0.3, 0.4) is 0 Å². The van der Waals surface area contributed by atoms with Crippen LogP contribution in [0.5, 0.6) is 5.75 Å². The van der Waals surface area contributed by atoms with Crippen molar-refractivity contribution in [2.24, 2.45) is 0 Å².